The number of nitrogens with one attached hydrogen (secondary N) is 2. The van der Waals surface area contributed by atoms with Crippen molar-refractivity contribution in [2.75, 3.05) is 14.2 Å². The fourth-order valence-electron chi connectivity index (χ4n) is 3.13. The zero-order chi connectivity index (χ0) is 19.9. The minimum absolute atomic E-state index is 0.0903. The van der Waals surface area contributed by atoms with Gasteiger partial charge in [0.05, 0.1) is 36.5 Å². The van der Waals surface area contributed by atoms with Gasteiger partial charge in [-0.3, -0.25) is 0 Å². The smallest absolute Gasteiger partial charge is 0.340 e. The van der Waals surface area contributed by atoms with Crippen molar-refractivity contribution >= 4 is 28.5 Å². The lowest BCUT2D eigenvalue weighted by atomic mass is 9.84. The van der Waals surface area contributed by atoms with Gasteiger partial charge in [0.2, 0.25) is 0 Å². The van der Waals surface area contributed by atoms with Crippen molar-refractivity contribution in [3.8, 4) is 0 Å². The topological polar surface area (TPSA) is 84.2 Å². The molecule has 0 saturated heterocycles. The molecule has 2 rings (SSSR count). The molecular formula is C20H28N2O4. The van der Waals surface area contributed by atoms with Gasteiger partial charge in [0.15, 0.2) is 0 Å². The Morgan fingerprint density at radius 1 is 0.962 bits per heavy atom. The number of esters is 2. The molecule has 0 radical (unpaired) electrons. The summed E-state index contributed by atoms with van der Waals surface area (Å²) in [6.07, 6.45) is 3.16. The summed E-state index contributed by atoms with van der Waals surface area (Å²) in [6, 6.07) is 0. The molecule has 26 heavy (non-hydrogen) atoms. The summed E-state index contributed by atoms with van der Waals surface area (Å²) in [5.41, 5.74) is 4.23. The standard InChI is InChI=1S/C20H28N2O4/c1-19(2,3)12-10-21-17-14(20(4,5)6)15(22-16(12)17)11(18(24)26-8)9-13(23)25-7/h9-10,21-22H,1-8H3/b11-9-. The quantitative estimate of drug-likeness (QED) is 0.644. The first kappa shape index (κ1) is 19.8. The highest BCUT2D eigenvalue weighted by atomic mass is 16.5. The summed E-state index contributed by atoms with van der Waals surface area (Å²) < 4.78 is 9.62. The molecule has 0 saturated carbocycles. The van der Waals surface area contributed by atoms with Crippen molar-refractivity contribution in [1.29, 1.82) is 0 Å². The van der Waals surface area contributed by atoms with Crippen molar-refractivity contribution in [2.24, 2.45) is 0 Å². The second-order valence-electron chi connectivity index (χ2n) is 8.40. The van der Waals surface area contributed by atoms with E-state index in [4.69, 9.17) is 9.47 Å². The molecular weight excluding hydrogens is 332 g/mol. The Labute approximate surface area is 154 Å². The first-order valence-electron chi connectivity index (χ1n) is 8.54. The molecule has 0 amide bonds. The van der Waals surface area contributed by atoms with Gasteiger partial charge < -0.3 is 19.4 Å². The van der Waals surface area contributed by atoms with Crippen LogP contribution < -0.4 is 0 Å². The van der Waals surface area contributed by atoms with Gasteiger partial charge in [-0.2, -0.15) is 0 Å². The first-order valence-corrected chi connectivity index (χ1v) is 8.54. The molecule has 6 nitrogen and oxygen atoms in total. The van der Waals surface area contributed by atoms with Crippen LogP contribution in [0.5, 0.6) is 0 Å². The summed E-state index contributed by atoms with van der Waals surface area (Å²) in [7, 11) is 2.56. The molecule has 0 aliphatic rings. The predicted octanol–water partition coefficient (Wildman–Crippen LogP) is 3.82. The Morgan fingerprint density at radius 2 is 1.58 bits per heavy atom. The lowest BCUT2D eigenvalue weighted by Crippen LogP contribution is -2.16. The van der Waals surface area contributed by atoms with Gasteiger partial charge >= 0.3 is 11.9 Å². The van der Waals surface area contributed by atoms with Crippen molar-refractivity contribution in [3.63, 3.8) is 0 Å². The number of hydrogen-bond acceptors (Lipinski definition) is 4. The van der Waals surface area contributed by atoms with Crippen LogP contribution in [0.4, 0.5) is 0 Å². The molecule has 0 aromatic carbocycles. The lowest BCUT2D eigenvalue weighted by molar-refractivity contribution is -0.136. The van der Waals surface area contributed by atoms with Gasteiger partial charge in [0.1, 0.15) is 0 Å². The van der Waals surface area contributed by atoms with Crippen molar-refractivity contribution in [1.82, 2.24) is 9.97 Å². The lowest BCUT2D eigenvalue weighted by Gasteiger charge is -2.20. The molecule has 0 aliphatic heterocycles. The maximum atomic E-state index is 12.4. The van der Waals surface area contributed by atoms with E-state index in [1.54, 1.807) is 0 Å². The van der Waals surface area contributed by atoms with Crippen LogP contribution in [0.25, 0.3) is 16.6 Å². The molecule has 0 unspecified atom stereocenters. The van der Waals surface area contributed by atoms with E-state index in [2.05, 4.69) is 51.5 Å². The Balaban J connectivity index is 2.87. The number of hydrogen-bond donors (Lipinski definition) is 2. The van der Waals surface area contributed by atoms with Crippen molar-refractivity contribution < 1.29 is 19.1 Å². The van der Waals surface area contributed by atoms with Crippen molar-refractivity contribution in [3.05, 3.63) is 29.1 Å². The van der Waals surface area contributed by atoms with E-state index in [1.165, 1.54) is 20.3 Å². The van der Waals surface area contributed by atoms with Crippen LogP contribution in [-0.4, -0.2) is 36.1 Å². The maximum Gasteiger partial charge on any atom is 0.340 e. The summed E-state index contributed by atoms with van der Waals surface area (Å²) in [5, 5.41) is 0. The SMILES string of the molecule is COC(=O)/C=C(\C(=O)OC)c1[nH]c2c(C(C)(C)C)c[nH]c2c1C(C)(C)C. The van der Waals surface area contributed by atoms with E-state index < -0.39 is 11.9 Å². The number of aromatic nitrogens is 2. The molecule has 0 aliphatic carbocycles. The number of fused-ring (bicyclic) bond motifs is 1. The molecule has 0 atom stereocenters. The number of aromatic amines is 2. The van der Waals surface area contributed by atoms with Crippen LogP contribution >= 0.6 is 0 Å². The number of carbonyl (C=O) groups is 2. The van der Waals surface area contributed by atoms with Crippen LogP contribution in [0, 0.1) is 0 Å². The molecule has 2 N–H and O–H groups in total. The zero-order valence-electron chi connectivity index (χ0n) is 16.8. The van der Waals surface area contributed by atoms with Gasteiger partial charge in [0.25, 0.3) is 0 Å². The Kier molecular flexibility index (Phi) is 5.08. The number of ether oxygens (including phenoxy) is 2. The van der Waals surface area contributed by atoms with Gasteiger partial charge in [0, 0.05) is 17.8 Å². The molecule has 0 spiro atoms. The van der Waals surface area contributed by atoms with E-state index in [0.29, 0.717) is 5.69 Å². The monoisotopic (exact) mass is 360 g/mol. The van der Waals surface area contributed by atoms with Crippen molar-refractivity contribution in [2.45, 2.75) is 52.4 Å². The summed E-state index contributed by atoms with van der Waals surface area (Å²) >= 11 is 0. The fraction of sp³-hybridized carbons (Fsp3) is 0.500. The highest BCUT2D eigenvalue weighted by Crippen LogP contribution is 2.40. The number of rotatable bonds is 3. The molecule has 2 aromatic rings. The minimum Gasteiger partial charge on any atom is -0.466 e. The van der Waals surface area contributed by atoms with E-state index in [-0.39, 0.29) is 16.4 Å². The average molecular weight is 360 g/mol. The first-order chi connectivity index (χ1) is 11.9. The second-order valence-corrected chi connectivity index (χ2v) is 8.40. The molecule has 0 bridgehead atoms. The normalized spacial score (nSPS) is 13.2. The second kappa shape index (κ2) is 6.67. The summed E-state index contributed by atoms with van der Waals surface area (Å²) in [5.74, 6) is -1.21. The minimum atomic E-state index is -0.612. The highest BCUT2D eigenvalue weighted by Gasteiger charge is 2.31. The van der Waals surface area contributed by atoms with E-state index in [0.717, 1.165) is 22.2 Å². The summed E-state index contributed by atoms with van der Waals surface area (Å²) in [4.78, 5) is 30.9. The predicted molar refractivity (Wildman–Crippen MR) is 102 cm³/mol. The third-order valence-corrected chi connectivity index (χ3v) is 4.33. The molecule has 2 aromatic heterocycles. The van der Waals surface area contributed by atoms with Gasteiger partial charge in [-0.15, -0.1) is 0 Å². The zero-order valence-corrected chi connectivity index (χ0v) is 16.8. The van der Waals surface area contributed by atoms with Gasteiger partial charge in [-0.25, -0.2) is 9.59 Å². The Bertz CT molecular complexity index is 870. The Morgan fingerprint density at radius 3 is 2.04 bits per heavy atom. The highest BCUT2D eigenvalue weighted by molar-refractivity contribution is 6.21. The van der Waals surface area contributed by atoms with E-state index in [9.17, 15) is 9.59 Å². The summed E-state index contributed by atoms with van der Waals surface area (Å²) in [6.45, 7) is 12.5. The fourth-order valence-corrected chi connectivity index (χ4v) is 3.13. The molecule has 142 valence electrons. The van der Waals surface area contributed by atoms with Crippen LogP contribution in [0.15, 0.2) is 12.3 Å². The molecule has 0 fully saturated rings. The number of carbonyl (C=O) groups excluding carboxylic acids is 2. The van der Waals surface area contributed by atoms with Crippen LogP contribution in [0.2, 0.25) is 0 Å². The largest absolute Gasteiger partial charge is 0.466 e. The van der Waals surface area contributed by atoms with Crippen LogP contribution in [-0.2, 0) is 29.9 Å². The number of methoxy groups -OCH3 is 2. The van der Waals surface area contributed by atoms with E-state index >= 15 is 0 Å². The van der Waals surface area contributed by atoms with Gasteiger partial charge in [-0.05, 0) is 16.4 Å². The molecule has 2 heterocycles. The maximum absolute atomic E-state index is 12.4. The van der Waals surface area contributed by atoms with E-state index in [1.807, 2.05) is 6.20 Å². The molecule has 6 heteroatoms. The van der Waals surface area contributed by atoms with Crippen LogP contribution in [0.1, 0.15) is 58.4 Å². The van der Waals surface area contributed by atoms with Crippen LogP contribution in [0.3, 0.4) is 0 Å². The average Bonchev–Trinajstić information content (AvgIpc) is 3.08. The van der Waals surface area contributed by atoms with Gasteiger partial charge in [-0.1, -0.05) is 41.5 Å². The Hall–Kier alpha value is -2.50. The third-order valence-electron chi connectivity index (χ3n) is 4.33. The third kappa shape index (κ3) is 3.54. The number of H-pyrrole nitrogens is 2.